The van der Waals surface area contributed by atoms with E-state index in [0.29, 0.717) is 0 Å². The minimum absolute atomic E-state index is 1.15. The molecule has 0 nitrogen and oxygen atoms in total. The van der Waals surface area contributed by atoms with Gasteiger partial charge in [-0.25, -0.2) is 0 Å². The van der Waals surface area contributed by atoms with Gasteiger partial charge in [0.1, 0.15) is 0 Å². The molecule has 1 radical (unpaired) electrons. The van der Waals surface area contributed by atoms with E-state index in [4.69, 9.17) is 0 Å². The molecular formula is C15H19. The fourth-order valence-electron chi connectivity index (χ4n) is 2.14. The first-order valence-corrected chi connectivity index (χ1v) is 5.98. The molecule has 0 saturated carbocycles. The third-order valence-corrected chi connectivity index (χ3v) is 2.98. The van der Waals surface area contributed by atoms with E-state index in [1.807, 2.05) is 0 Å². The fourth-order valence-corrected chi connectivity index (χ4v) is 2.14. The van der Waals surface area contributed by atoms with Gasteiger partial charge >= 0.3 is 0 Å². The predicted octanol–water partition coefficient (Wildman–Crippen LogP) is 4.32. The van der Waals surface area contributed by atoms with Crippen molar-refractivity contribution in [2.75, 3.05) is 0 Å². The maximum Gasteiger partial charge on any atom is -0.00671 e. The summed E-state index contributed by atoms with van der Waals surface area (Å²) < 4.78 is 0. The molecule has 0 N–H and O–H groups in total. The van der Waals surface area contributed by atoms with Crippen LogP contribution in [0.25, 0.3) is 0 Å². The van der Waals surface area contributed by atoms with Crippen molar-refractivity contribution < 1.29 is 0 Å². The maximum atomic E-state index is 2.45. The van der Waals surface area contributed by atoms with Gasteiger partial charge in [0.05, 0.1) is 0 Å². The van der Waals surface area contributed by atoms with E-state index in [0.717, 1.165) is 6.42 Å². The first-order chi connectivity index (χ1) is 7.45. The van der Waals surface area contributed by atoms with E-state index >= 15 is 0 Å². The average Bonchev–Trinajstić information content (AvgIpc) is 2.23. The maximum absolute atomic E-state index is 2.45. The molecule has 0 fully saturated rings. The molecule has 0 saturated heterocycles. The van der Waals surface area contributed by atoms with Crippen molar-refractivity contribution in [3.63, 3.8) is 0 Å². The molecule has 0 atom stereocenters. The topological polar surface area (TPSA) is 0 Å². The number of hydrogen-bond donors (Lipinski definition) is 0. The Kier molecular flexibility index (Phi) is 4.01. The number of benzene rings is 1. The molecule has 1 aliphatic carbocycles. The lowest BCUT2D eigenvalue weighted by atomic mass is 9.95. The standard InChI is InChI=1S/C15H19/c1-2-5-9-14(10-6-3-1)13-15-11-7-4-8-12-15/h1,4,7-9,11-12H,2-3,5-6,10,13H2. The molecule has 0 heterocycles. The summed E-state index contributed by atoms with van der Waals surface area (Å²) in [6.07, 6.45) is 12.4. The number of rotatable bonds is 2. The van der Waals surface area contributed by atoms with E-state index in [2.05, 4.69) is 42.8 Å². The molecule has 0 amide bonds. The van der Waals surface area contributed by atoms with E-state index in [9.17, 15) is 0 Å². The molecule has 0 spiro atoms. The zero-order chi connectivity index (χ0) is 10.3. The lowest BCUT2D eigenvalue weighted by molar-refractivity contribution is 0.722. The van der Waals surface area contributed by atoms with Crippen LogP contribution in [0.15, 0.2) is 42.0 Å². The van der Waals surface area contributed by atoms with Crippen molar-refractivity contribution in [2.24, 2.45) is 0 Å². The monoisotopic (exact) mass is 199 g/mol. The molecular weight excluding hydrogens is 180 g/mol. The van der Waals surface area contributed by atoms with E-state index < -0.39 is 0 Å². The van der Waals surface area contributed by atoms with Crippen molar-refractivity contribution in [2.45, 2.75) is 38.5 Å². The van der Waals surface area contributed by atoms with Crippen LogP contribution in [-0.2, 0) is 6.42 Å². The Hall–Kier alpha value is -1.04. The second-order valence-electron chi connectivity index (χ2n) is 4.28. The van der Waals surface area contributed by atoms with Gasteiger partial charge in [-0.1, -0.05) is 42.0 Å². The van der Waals surface area contributed by atoms with Crippen molar-refractivity contribution in [1.82, 2.24) is 0 Å². The molecule has 1 aromatic rings. The van der Waals surface area contributed by atoms with E-state index in [1.165, 1.54) is 37.7 Å². The molecule has 1 aliphatic rings. The molecule has 1 aromatic carbocycles. The third-order valence-electron chi connectivity index (χ3n) is 2.98. The van der Waals surface area contributed by atoms with Gasteiger partial charge in [0.25, 0.3) is 0 Å². The Morgan fingerprint density at radius 3 is 2.67 bits per heavy atom. The van der Waals surface area contributed by atoms with Gasteiger partial charge in [-0.15, -0.1) is 0 Å². The van der Waals surface area contributed by atoms with Crippen LogP contribution in [0.2, 0.25) is 0 Å². The van der Waals surface area contributed by atoms with Gasteiger partial charge in [-0.05, 0) is 50.5 Å². The highest BCUT2D eigenvalue weighted by atomic mass is 14.1. The van der Waals surface area contributed by atoms with E-state index in [1.54, 1.807) is 5.57 Å². The second kappa shape index (κ2) is 5.75. The Morgan fingerprint density at radius 1 is 0.933 bits per heavy atom. The van der Waals surface area contributed by atoms with Crippen molar-refractivity contribution in [3.05, 3.63) is 54.0 Å². The molecule has 0 bridgehead atoms. The third kappa shape index (κ3) is 3.54. The largest absolute Gasteiger partial charge is 0.0850 e. The van der Waals surface area contributed by atoms with Crippen LogP contribution in [-0.4, -0.2) is 0 Å². The molecule has 0 aliphatic heterocycles. The van der Waals surface area contributed by atoms with Crippen LogP contribution in [0.5, 0.6) is 0 Å². The van der Waals surface area contributed by atoms with Gasteiger partial charge in [-0.3, -0.25) is 0 Å². The van der Waals surface area contributed by atoms with Crippen LogP contribution in [0.1, 0.15) is 37.7 Å². The van der Waals surface area contributed by atoms with Crippen molar-refractivity contribution in [1.29, 1.82) is 0 Å². The number of allylic oxidation sites excluding steroid dienone is 2. The highest BCUT2D eigenvalue weighted by molar-refractivity contribution is 5.22. The first kappa shape index (κ1) is 10.5. The quantitative estimate of drug-likeness (QED) is 0.622. The lowest BCUT2D eigenvalue weighted by Gasteiger charge is -2.11. The Bertz CT molecular complexity index is 308. The second-order valence-corrected chi connectivity index (χ2v) is 4.28. The van der Waals surface area contributed by atoms with Crippen LogP contribution in [0, 0.1) is 6.42 Å². The zero-order valence-electron chi connectivity index (χ0n) is 9.28. The molecule has 0 heteroatoms. The molecule has 15 heavy (non-hydrogen) atoms. The van der Waals surface area contributed by atoms with Crippen LogP contribution in [0.4, 0.5) is 0 Å². The first-order valence-electron chi connectivity index (χ1n) is 5.98. The van der Waals surface area contributed by atoms with Crippen LogP contribution in [0.3, 0.4) is 0 Å². The van der Waals surface area contributed by atoms with Gasteiger partial charge in [0.15, 0.2) is 0 Å². The van der Waals surface area contributed by atoms with E-state index in [-0.39, 0.29) is 0 Å². The Balaban J connectivity index is 1.97. The lowest BCUT2D eigenvalue weighted by Crippen LogP contribution is -1.94. The van der Waals surface area contributed by atoms with Crippen LogP contribution >= 0.6 is 0 Å². The normalized spacial score (nSPS) is 17.7. The summed E-state index contributed by atoms with van der Waals surface area (Å²) in [4.78, 5) is 0. The highest BCUT2D eigenvalue weighted by Crippen LogP contribution is 2.19. The summed E-state index contributed by atoms with van der Waals surface area (Å²) in [7, 11) is 0. The summed E-state index contributed by atoms with van der Waals surface area (Å²) >= 11 is 0. The zero-order valence-corrected chi connectivity index (χ0v) is 9.28. The van der Waals surface area contributed by atoms with Gasteiger partial charge < -0.3 is 0 Å². The van der Waals surface area contributed by atoms with Crippen molar-refractivity contribution in [3.8, 4) is 0 Å². The van der Waals surface area contributed by atoms with Gasteiger partial charge in [0, 0.05) is 0 Å². The average molecular weight is 199 g/mol. The number of hydrogen-bond acceptors (Lipinski definition) is 0. The molecule has 0 unspecified atom stereocenters. The summed E-state index contributed by atoms with van der Waals surface area (Å²) in [5, 5.41) is 0. The predicted molar refractivity (Wildman–Crippen MR) is 65.6 cm³/mol. The SMILES string of the molecule is [CH]1CCC=C(Cc2ccccc2)CCC1. The summed E-state index contributed by atoms with van der Waals surface area (Å²) in [6.45, 7) is 0. The molecule has 79 valence electrons. The smallest absolute Gasteiger partial charge is 0.00671 e. The van der Waals surface area contributed by atoms with Gasteiger partial charge in [-0.2, -0.15) is 0 Å². The molecule has 0 aromatic heterocycles. The summed E-state index contributed by atoms with van der Waals surface area (Å²) in [6, 6.07) is 10.8. The van der Waals surface area contributed by atoms with Crippen molar-refractivity contribution >= 4 is 0 Å². The summed E-state index contributed by atoms with van der Waals surface area (Å²) in [5.41, 5.74) is 3.09. The fraction of sp³-hybridized carbons (Fsp3) is 0.400. The minimum atomic E-state index is 1.15. The highest BCUT2D eigenvalue weighted by Gasteiger charge is 2.02. The Labute approximate surface area is 93.0 Å². The van der Waals surface area contributed by atoms with Crippen LogP contribution < -0.4 is 0 Å². The summed E-state index contributed by atoms with van der Waals surface area (Å²) in [5.74, 6) is 0. The minimum Gasteiger partial charge on any atom is -0.0850 e. The molecule has 2 rings (SSSR count). The Morgan fingerprint density at radius 2 is 1.80 bits per heavy atom. The van der Waals surface area contributed by atoms with Gasteiger partial charge in [0.2, 0.25) is 0 Å².